The normalized spacial score (nSPS) is 10.9. The van der Waals surface area contributed by atoms with Crippen molar-refractivity contribution in [3.8, 4) is 17.6 Å². The van der Waals surface area contributed by atoms with Gasteiger partial charge in [-0.2, -0.15) is 5.26 Å². The van der Waals surface area contributed by atoms with Gasteiger partial charge < -0.3 is 14.8 Å². The largest absolute Gasteiger partial charge is 0.490 e. The molecule has 0 unspecified atom stereocenters. The van der Waals surface area contributed by atoms with Gasteiger partial charge in [0.05, 0.1) is 6.61 Å². The van der Waals surface area contributed by atoms with Crippen LogP contribution in [0.25, 0.3) is 6.08 Å². The smallest absolute Gasteiger partial charge is 0.266 e. The molecule has 168 valence electrons. The van der Waals surface area contributed by atoms with Crippen LogP contribution in [0.15, 0.2) is 70.7 Å². The third-order valence-electron chi connectivity index (χ3n) is 4.68. The van der Waals surface area contributed by atoms with Crippen LogP contribution in [0.1, 0.15) is 23.6 Å². The van der Waals surface area contributed by atoms with Crippen molar-refractivity contribution in [2.75, 3.05) is 11.9 Å². The summed E-state index contributed by atoms with van der Waals surface area (Å²) in [6.45, 7) is 4.52. The summed E-state index contributed by atoms with van der Waals surface area (Å²) in [6, 6.07) is 20.2. The predicted octanol–water partition coefficient (Wildman–Crippen LogP) is 6.93. The maximum Gasteiger partial charge on any atom is 0.266 e. The van der Waals surface area contributed by atoms with Crippen LogP contribution in [0.2, 0.25) is 5.02 Å². The van der Waals surface area contributed by atoms with E-state index in [-0.39, 0.29) is 12.2 Å². The van der Waals surface area contributed by atoms with Gasteiger partial charge in [0.1, 0.15) is 18.2 Å². The van der Waals surface area contributed by atoms with Crippen molar-refractivity contribution in [3.63, 3.8) is 0 Å². The van der Waals surface area contributed by atoms with Gasteiger partial charge in [0, 0.05) is 20.7 Å². The number of ether oxygens (including phenoxy) is 2. The Labute approximate surface area is 206 Å². The Hall–Kier alpha value is -3.27. The molecular formula is C26H22BrClN2O3. The van der Waals surface area contributed by atoms with Crippen LogP contribution in [-0.4, -0.2) is 12.5 Å². The van der Waals surface area contributed by atoms with Crippen LogP contribution in [0.3, 0.4) is 0 Å². The van der Waals surface area contributed by atoms with Gasteiger partial charge in [-0.15, -0.1) is 0 Å². The number of carbonyl (C=O) groups excluding carboxylic acids is 1. The molecule has 0 aliphatic carbocycles. The van der Waals surface area contributed by atoms with Gasteiger partial charge in [-0.05, 0) is 55.8 Å². The van der Waals surface area contributed by atoms with Crippen molar-refractivity contribution < 1.29 is 14.3 Å². The van der Waals surface area contributed by atoms with Crippen LogP contribution in [0.4, 0.5) is 5.69 Å². The molecule has 7 heteroatoms. The molecule has 1 N–H and O–H groups in total. The lowest BCUT2D eigenvalue weighted by Crippen LogP contribution is -2.13. The molecule has 0 saturated heterocycles. The topological polar surface area (TPSA) is 71.3 Å². The number of carbonyl (C=O) groups is 1. The Morgan fingerprint density at radius 2 is 1.82 bits per heavy atom. The summed E-state index contributed by atoms with van der Waals surface area (Å²) in [5.74, 6) is 0.518. The zero-order chi connectivity index (χ0) is 23.8. The minimum absolute atomic E-state index is 0.0385. The molecule has 0 heterocycles. The van der Waals surface area contributed by atoms with Crippen molar-refractivity contribution in [2.24, 2.45) is 0 Å². The predicted molar refractivity (Wildman–Crippen MR) is 134 cm³/mol. The van der Waals surface area contributed by atoms with E-state index in [1.165, 1.54) is 6.08 Å². The van der Waals surface area contributed by atoms with E-state index in [4.69, 9.17) is 21.1 Å². The highest BCUT2D eigenvalue weighted by Crippen LogP contribution is 2.36. The van der Waals surface area contributed by atoms with Crippen LogP contribution < -0.4 is 14.8 Å². The van der Waals surface area contributed by atoms with Gasteiger partial charge in [0.2, 0.25) is 0 Å². The van der Waals surface area contributed by atoms with Crippen LogP contribution >= 0.6 is 27.5 Å². The van der Waals surface area contributed by atoms with Crippen molar-refractivity contribution in [2.45, 2.75) is 20.5 Å². The number of halogens is 2. The van der Waals surface area contributed by atoms with Crippen LogP contribution in [0.5, 0.6) is 11.5 Å². The number of nitrogens with one attached hydrogen (secondary N) is 1. The molecule has 0 aliphatic heterocycles. The summed E-state index contributed by atoms with van der Waals surface area (Å²) in [6.07, 6.45) is 1.51. The first-order valence-corrected chi connectivity index (χ1v) is 11.4. The Bertz CT molecular complexity index is 1220. The average molecular weight is 526 g/mol. The highest BCUT2D eigenvalue weighted by atomic mass is 79.9. The fraction of sp³-hybridized carbons (Fsp3) is 0.154. The zero-order valence-corrected chi connectivity index (χ0v) is 20.5. The lowest BCUT2D eigenvalue weighted by Gasteiger charge is -2.15. The Morgan fingerprint density at radius 1 is 1.12 bits per heavy atom. The van der Waals surface area contributed by atoms with E-state index in [2.05, 4.69) is 21.2 Å². The minimum Gasteiger partial charge on any atom is -0.490 e. The van der Waals surface area contributed by atoms with E-state index in [0.717, 1.165) is 11.1 Å². The molecule has 3 rings (SSSR count). The van der Waals surface area contributed by atoms with Crippen molar-refractivity contribution >= 4 is 45.2 Å². The Kier molecular flexibility index (Phi) is 8.53. The number of nitrogens with zero attached hydrogens (tertiary/aromatic N) is 1. The number of aryl methyl sites for hydroxylation is 1. The number of rotatable bonds is 8. The third-order valence-corrected chi connectivity index (χ3v) is 5.73. The molecule has 3 aromatic rings. The molecule has 0 bridgehead atoms. The van der Waals surface area contributed by atoms with Crippen molar-refractivity contribution in [1.29, 1.82) is 5.26 Å². The van der Waals surface area contributed by atoms with E-state index in [0.29, 0.717) is 38.9 Å². The standard InChI is InChI=1S/C26H22BrClN2O3/c1-3-32-24-13-19(12-20(15-29)26(31)30-21-10-8-17(2)9-11-21)22(27)14-25(24)33-16-18-6-4-5-7-23(18)28/h4-14H,3,16H2,1-2H3,(H,30,31)/b20-12+. The number of benzene rings is 3. The summed E-state index contributed by atoms with van der Waals surface area (Å²) >= 11 is 9.73. The van der Waals surface area contributed by atoms with E-state index in [1.807, 2.05) is 50.2 Å². The molecule has 0 aromatic heterocycles. The number of hydrogen-bond acceptors (Lipinski definition) is 4. The summed E-state index contributed by atoms with van der Waals surface area (Å²) in [4.78, 5) is 12.6. The molecule has 33 heavy (non-hydrogen) atoms. The van der Waals surface area contributed by atoms with Crippen LogP contribution in [-0.2, 0) is 11.4 Å². The van der Waals surface area contributed by atoms with Crippen molar-refractivity contribution in [3.05, 3.63) is 92.4 Å². The highest BCUT2D eigenvalue weighted by Gasteiger charge is 2.15. The van der Waals surface area contributed by atoms with E-state index in [9.17, 15) is 10.1 Å². The number of nitriles is 1. The van der Waals surface area contributed by atoms with Gasteiger partial charge in [0.15, 0.2) is 11.5 Å². The first kappa shape index (κ1) is 24.4. The molecule has 1 amide bonds. The number of hydrogen-bond donors (Lipinski definition) is 1. The minimum atomic E-state index is -0.495. The van der Waals surface area contributed by atoms with Gasteiger partial charge >= 0.3 is 0 Å². The summed E-state index contributed by atoms with van der Waals surface area (Å²) in [5.41, 5.74) is 3.11. The lowest BCUT2D eigenvalue weighted by atomic mass is 10.1. The molecule has 0 spiro atoms. The summed E-state index contributed by atoms with van der Waals surface area (Å²) < 4.78 is 12.3. The second-order valence-electron chi connectivity index (χ2n) is 7.12. The first-order valence-electron chi connectivity index (χ1n) is 10.2. The van der Waals surface area contributed by atoms with Gasteiger partial charge in [-0.3, -0.25) is 4.79 Å². The van der Waals surface area contributed by atoms with E-state index >= 15 is 0 Å². The monoisotopic (exact) mass is 524 g/mol. The molecule has 3 aromatic carbocycles. The fourth-order valence-corrected chi connectivity index (χ4v) is 3.58. The number of anilines is 1. The highest BCUT2D eigenvalue weighted by molar-refractivity contribution is 9.10. The van der Waals surface area contributed by atoms with E-state index < -0.39 is 5.91 Å². The molecule has 0 radical (unpaired) electrons. The van der Waals surface area contributed by atoms with Crippen molar-refractivity contribution in [1.82, 2.24) is 0 Å². The second-order valence-corrected chi connectivity index (χ2v) is 8.39. The third kappa shape index (κ3) is 6.61. The molecule has 5 nitrogen and oxygen atoms in total. The SMILES string of the molecule is CCOc1cc(/C=C(\C#N)C(=O)Nc2ccc(C)cc2)c(Br)cc1OCc1ccccc1Cl. The average Bonchev–Trinajstić information content (AvgIpc) is 2.80. The molecule has 0 fully saturated rings. The van der Waals surface area contributed by atoms with E-state index in [1.54, 1.807) is 30.3 Å². The summed E-state index contributed by atoms with van der Waals surface area (Å²) in [7, 11) is 0. The van der Waals surface area contributed by atoms with Gasteiger partial charge in [0.25, 0.3) is 5.91 Å². The second kappa shape index (κ2) is 11.6. The Balaban J connectivity index is 1.85. The molecule has 0 aliphatic rings. The maximum absolute atomic E-state index is 12.6. The first-order chi connectivity index (χ1) is 15.9. The molecule has 0 atom stereocenters. The fourth-order valence-electron chi connectivity index (χ4n) is 2.95. The number of amides is 1. The van der Waals surface area contributed by atoms with Crippen LogP contribution in [0, 0.1) is 18.3 Å². The zero-order valence-electron chi connectivity index (χ0n) is 18.2. The molecular weight excluding hydrogens is 504 g/mol. The quantitative estimate of drug-likeness (QED) is 0.256. The van der Waals surface area contributed by atoms with Gasteiger partial charge in [-0.25, -0.2) is 0 Å². The van der Waals surface area contributed by atoms with Gasteiger partial charge in [-0.1, -0.05) is 63.4 Å². The Morgan fingerprint density at radius 3 is 2.48 bits per heavy atom. The summed E-state index contributed by atoms with van der Waals surface area (Å²) in [5, 5.41) is 12.9. The maximum atomic E-state index is 12.6. The molecule has 0 saturated carbocycles. The lowest BCUT2D eigenvalue weighted by molar-refractivity contribution is -0.112.